The first-order valence-electron chi connectivity index (χ1n) is 7.11. The van der Waals surface area contributed by atoms with Crippen molar-refractivity contribution in [3.63, 3.8) is 0 Å². The first kappa shape index (κ1) is 15.9. The number of hydrogen-bond donors (Lipinski definition) is 0. The number of aryl methyl sites for hydroxylation is 1. The van der Waals surface area contributed by atoms with Crippen LogP contribution < -0.4 is 14.2 Å². The van der Waals surface area contributed by atoms with Crippen LogP contribution in [0.25, 0.3) is 0 Å². The molecule has 4 nitrogen and oxygen atoms in total. The molecule has 116 valence electrons. The van der Waals surface area contributed by atoms with Gasteiger partial charge in [-0.3, -0.25) is 4.79 Å². The standard InChI is InChI=1S/C18H20O4/c1-13-4-7-16(8-5-13)21-10-11-22-17-9-6-15(14(2)19)12-18(17)20-3/h4-9,12H,10-11H2,1-3H3. The summed E-state index contributed by atoms with van der Waals surface area (Å²) in [5.41, 5.74) is 1.79. The Morgan fingerprint density at radius 1 is 0.955 bits per heavy atom. The predicted molar refractivity (Wildman–Crippen MR) is 85.2 cm³/mol. The molecular formula is C18H20O4. The highest BCUT2D eigenvalue weighted by molar-refractivity contribution is 5.94. The number of methoxy groups -OCH3 is 1. The Morgan fingerprint density at radius 2 is 1.64 bits per heavy atom. The quantitative estimate of drug-likeness (QED) is 0.578. The highest BCUT2D eigenvalue weighted by atomic mass is 16.5. The van der Waals surface area contributed by atoms with Gasteiger partial charge in [0.1, 0.15) is 19.0 Å². The molecule has 0 aliphatic heterocycles. The number of ketones is 1. The van der Waals surface area contributed by atoms with Crippen molar-refractivity contribution in [1.82, 2.24) is 0 Å². The van der Waals surface area contributed by atoms with E-state index in [2.05, 4.69) is 0 Å². The number of hydrogen-bond acceptors (Lipinski definition) is 4. The summed E-state index contributed by atoms with van der Waals surface area (Å²) in [7, 11) is 1.55. The van der Waals surface area contributed by atoms with E-state index in [0.717, 1.165) is 5.75 Å². The molecule has 0 N–H and O–H groups in total. The van der Waals surface area contributed by atoms with E-state index in [1.165, 1.54) is 12.5 Å². The van der Waals surface area contributed by atoms with Crippen LogP contribution in [0.3, 0.4) is 0 Å². The molecule has 0 bridgehead atoms. The number of Topliss-reactive ketones (excluding diaryl/α,β-unsaturated/α-hetero) is 1. The van der Waals surface area contributed by atoms with Gasteiger partial charge in [0.05, 0.1) is 7.11 Å². The molecule has 0 saturated heterocycles. The van der Waals surface area contributed by atoms with Gasteiger partial charge < -0.3 is 14.2 Å². The van der Waals surface area contributed by atoms with Crippen molar-refractivity contribution in [1.29, 1.82) is 0 Å². The molecule has 4 heteroatoms. The van der Waals surface area contributed by atoms with E-state index in [0.29, 0.717) is 30.3 Å². The second-order valence-electron chi connectivity index (χ2n) is 4.93. The molecule has 0 spiro atoms. The predicted octanol–water partition coefficient (Wildman–Crippen LogP) is 3.66. The number of ether oxygens (including phenoxy) is 3. The van der Waals surface area contributed by atoms with Gasteiger partial charge in [0.25, 0.3) is 0 Å². The smallest absolute Gasteiger partial charge is 0.161 e. The second kappa shape index (κ2) is 7.50. The highest BCUT2D eigenvalue weighted by Gasteiger charge is 2.08. The van der Waals surface area contributed by atoms with Crippen LogP contribution in [0.2, 0.25) is 0 Å². The summed E-state index contributed by atoms with van der Waals surface area (Å²) < 4.78 is 16.5. The van der Waals surface area contributed by atoms with Crippen LogP contribution in [-0.4, -0.2) is 26.1 Å². The topological polar surface area (TPSA) is 44.8 Å². The molecule has 0 amide bonds. The van der Waals surface area contributed by atoms with Crippen molar-refractivity contribution in [2.45, 2.75) is 13.8 Å². The van der Waals surface area contributed by atoms with Crippen LogP contribution in [0.5, 0.6) is 17.2 Å². The minimum Gasteiger partial charge on any atom is -0.493 e. The summed E-state index contributed by atoms with van der Waals surface area (Å²) in [5.74, 6) is 1.95. The van der Waals surface area contributed by atoms with Gasteiger partial charge in [-0.15, -0.1) is 0 Å². The lowest BCUT2D eigenvalue weighted by atomic mass is 10.1. The van der Waals surface area contributed by atoms with Crippen molar-refractivity contribution in [2.24, 2.45) is 0 Å². The highest BCUT2D eigenvalue weighted by Crippen LogP contribution is 2.28. The van der Waals surface area contributed by atoms with Crippen molar-refractivity contribution < 1.29 is 19.0 Å². The number of carbonyl (C=O) groups is 1. The zero-order valence-corrected chi connectivity index (χ0v) is 13.1. The minimum absolute atomic E-state index is 0.00689. The van der Waals surface area contributed by atoms with Gasteiger partial charge >= 0.3 is 0 Å². The van der Waals surface area contributed by atoms with Gasteiger partial charge in [-0.25, -0.2) is 0 Å². The van der Waals surface area contributed by atoms with Crippen molar-refractivity contribution in [3.8, 4) is 17.2 Å². The molecule has 0 unspecified atom stereocenters. The van der Waals surface area contributed by atoms with Crippen molar-refractivity contribution in [2.75, 3.05) is 20.3 Å². The normalized spacial score (nSPS) is 10.1. The third-order valence-electron chi connectivity index (χ3n) is 3.20. The molecule has 2 aromatic carbocycles. The Labute approximate surface area is 130 Å². The van der Waals surface area contributed by atoms with Crippen molar-refractivity contribution in [3.05, 3.63) is 53.6 Å². The molecule has 0 radical (unpaired) electrons. The van der Waals surface area contributed by atoms with E-state index in [1.54, 1.807) is 25.3 Å². The lowest BCUT2D eigenvalue weighted by molar-refractivity contribution is 0.101. The lowest BCUT2D eigenvalue weighted by Crippen LogP contribution is -2.09. The molecule has 2 aromatic rings. The molecule has 22 heavy (non-hydrogen) atoms. The molecule has 0 saturated carbocycles. The van der Waals surface area contributed by atoms with Crippen LogP contribution in [0.15, 0.2) is 42.5 Å². The summed E-state index contributed by atoms with van der Waals surface area (Å²) in [6.45, 7) is 4.37. The zero-order valence-electron chi connectivity index (χ0n) is 13.1. The molecule has 0 heterocycles. The summed E-state index contributed by atoms with van der Waals surface area (Å²) in [6, 6.07) is 13.0. The summed E-state index contributed by atoms with van der Waals surface area (Å²) >= 11 is 0. The summed E-state index contributed by atoms with van der Waals surface area (Å²) in [4.78, 5) is 11.3. The van der Waals surface area contributed by atoms with E-state index < -0.39 is 0 Å². The zero-order chi connectivity index (χ0) is 15.9. The summed E-state index contributed by atoms with van der Waals surface area (Å²) in [5, 5.41) is 0. The molecule has 2 rings (SSSR count). The third-order valence-corrected chi connectivity index (χ3v) is 3.20. The Morgan fingerprint density at radius 3 is 2.27 bits per heavy atom. The van der Waals surface area contributed by atoms with E-state index in [9.17, 15) is 4.79 Å². The van der Waals surface area contributed by atoms with Crippen LogP contribution in [0.1, 0.15) is 22.8 Å². The first-order chi connectivity index (χ1) is 10.6. The van der Waals surface area contributed by atoms with E-state index in [4.69, 9.17) is 14.2 Å². The SMILES string of the molecule is COc1cc(C(C)=O)ccc1OCCOc1ccc(C)cc1. The molecule has 0 aromatic heterocycles. The van der Waals surface area contributed by atoms with E-state index >= 15 is 0 Å². The molecular weight excluding hydrogens is 280 g/mol. The lowest BCUT2D eigenvalue weighted by Gasteiger charge is -2.12. The average Bonchev–Trinajstić information content (AvgIpc) is 2.53. The van der Waals surface area contributed by atoms with Gasteiger partial charge in [0.15, 0.2) is 17.3 Å². The Balaban J connectivity index is 1.88. The average molecular weight is 300 g/mol. The fourth-order valence-corrected chi connectivity index (χ4v) is 1.95. The Hall–Kier alpha value is -2.49. The number of benzene rings is 2. The Bertz CT molecular complexity index is 632. The molecule has 0 aliphatic carbocycles. The third kappa shape index (κ3) is 4.25. The summed E-state index contributed by atoms with van der Waals surface area (Å²) in [6.07, 6.45) is 0. The number of rotatable bonds is 7. The fraction of sp³-hybridized carbons (Fsp3) is 0.278. The molecule has 0 fully saturated rings. The Kier molecular flexibility index (Phi) is 5.42. The maximum atomic E-state index is 11.3. The second-order valence-corrected chi connectivity index (χ2v) is 4.93. The van der Waals surface area contributed by atoms with E-state index in [-0.39, 0.29) is 5.78 Å². The fourth-order valence-electron chi connectivity index (χ4n) is 1.95. The van der Waals surface area contributed by atoms with Crippen LogP contribution in [0.4, 0.5) is 0 Å². The van der Waals surface area contributed by atoms with Gasteiger partial charge in [-0.1, -0.05) is 17.7 Å². The first-order valence-corrected chi connectivity index (χ1v) is 7.11. The van der Waals surface area contributed by atoms with Gasteiger partial charge in [-0.2, -0.15) is 0 Å². The largest absolute Gasteiger partial charge is 0.493 e. The number of carbonyl (C=O) groups excluding carboxylic acids is 1. The maximum absolute atomic E-state index is 11.3. The van der Waals surface area contributed by atoms with Crippen LogP contribution in [-0.2, 0) is 0 Å². The van der Waals surface area contributed by atoms with Crippen molar-refractivity contribution >= 4 is 5.78 Å². The van der Waals surface area contributed by atoms with Crippen LogP contribution >= 0.6 is 0 Å². The van der Waals surface area contributed by atoms with Gasteiger partial charge in [0.2, 0.25) is 0 Å². The monoisotopic (exact) mass is 300 g/mol. The van der Waals surface area contributed by atoms with Crippen LogP contribution in [0, 0.1) is 6.92 Å². The van der Waals surface area contributed by atoms with Gasteiger partial charge in [0, 0.05) is 5.56 Å². The molecule has 0 aliphatic rings. The maximum Gasteiger partial charge on any atom is 0.161 e. The van der Waals surface area contributed by atoms with E-state index in [1.807, 2.05) is 31.2 Å². The van der Waals surface area contributed by atoms with Gasteiger partial charge in [-0.05, 0) is 44.2 Å². The molecule has 0 atom stereocenters. The minimum atomic E-state index is -0.00689.